The fourth-order valence-corrected chi connectivity index (χ4v) is 1.74. The van der Waals surface area contributed by atoms with Gasteiger partial charge in [-0.25, -0.2) is 4.39 Å². The maximum Gasteiger partial charge on any atom is 0.419 e. The normalized spacial score (nSPS) is 18.6. The van der Waals surface area contributed by atoms with Crippen LogP contribution in [-0.2, 0) is 6.18 Å². The Bertz CT molecular complexity index is 395. The number of hydrogen-bond donors (Lipinski definition) is 1. The van der Waals surface area contributed by atoms with E-state index in [4.69, 9.17) is 5.73 Å². The number of benzene rings is 1. The molecule has 1 atom stereocenters. The molecule has 0 aliphatic heterocycles. The summed E-state index contributed by atoms with van der Waals surface area (Å²) in [6, 6.07) is 2.64. The van der Waals surface area contributed by atoms with E-state index < -0.39 is 23.6 Å². The summed E-state index contributed by atoms with van der Waals surface area (Å²) in [7, 11) is 0. The zero-order valence-corrected chi connectivity index (χ0v) is 8.39. The van der Waals surface area contributed by atoms with Crippen molar-refractivity contribution in [2.45, 2.75) is 25.1 Å². The Kier molecular flexibility index (Phi) is 2.66. The largest absolute Gasteiger partial charge is 0.419 e. The van der Waals surface area contributed by atoms with Crippen LogP contribution in [-0.4, -0.2) is 0 Å². The highest BCUT2D eigenvalue weighted by atomic mass is 19.4. The van der Waals surface area contributed by atoms with Gasteiger partial charge in [-0.1, -0.05) is 12.1 Å². The molecule has 1 fully saturated rings. The predicted octanol–water partition coefficient (Wildman–Crippen LogP) is 3.25. The zero-order chi connectivity index (χ0) is 11.9. The highest BCUT2D eigenvalue weighted by Crippen LogP contribution is 2.42. The lowest BCUT2D eigenvalue weighted by molar-refractivity contribution is -0.140. The van der Waals surface area contributed by atoms with Gasteiger partial charge in [0.25, 0.3) is 0 Å². The molecule has 0 amide bonds. The molecule has 0 aromatic heterocycles. The van der Waals surface area contributed by atoms with Gasteiger partial charge in [0.2, 0.25) is 0 Å². The smallest absolute Gasteiger partial charge is 0.324 e. The van der Waals surface area contributed by atoms with Crippen molar-refractivity contribution in [3.05, 3.63) is 35.1 Å². The van der Waals surface area contributed by atoms with Gasteiger partial charge in [0.05, 0.1) is 5.56 Å². The minimum atomic E-state index is -4.66. The van der Waals surface area contributed by atoms with Gasteiger partial charge in [0, 0.05) is 11.6 Å². The lowest BCUT2D eigenvalue weighted by atomic mass is 10.00. The summed E-state index contributed by atoms with van der Waals surface area (Å²) >= 11 is 0. The van der Waals surface area contributed by atoms with Gasteiger partial charge >= 0.3 is 6.18 Å². The Hall–Kier alpha value is -1.10. The van der Waals surface area contributed by atoms with E-state index in [0.29, 0.717) is 0 Å². The average Bonchev–Trinajstić information content (AvgIpc) is 2.98. The number of rotatable bonds is 2. The lowest BCUT2D eigenvalue weighted by Crippen LogP contribution is -2.17. The minimum absolute atomic E-state index is 0.0303. The molecule has 2 rings (SSSR count). The maximum atomic E-state index is 13.6. The molecule has 1 aromatic carbocycles. The van der Waals surface area contributed by atoms with E-state index >= 15 is 0 Å². The van der Waals surface area contributed by atoms with Gasteiger partial charge in [-0.2, -0.15) is 13.2 Å². The summed E-state index contributed by atoms with van der Waals surface area (Å²) in [5, 5.41) is 0. The first kappa shape index (κ1) is 11.4. The lowest BCUT2D eigenvalue weighted by Gasteiger charge is -2.15. The summed E-state index contributed by atoms with van der Waals surface area (Å²) in [5.74, 6) is -1.10. The van der Waals surface area contributed by atoms with Crippen molar-refractivity contribution in [1.82, 2.24) is 0 Å². The van der Waals surface area contributed by atoms with Crippen molar-refractivity contribution in [3.8, 4) is 0 Å². The van der Waals surface area contributed by atoms with E-state index in [9.17, 15) is 17.6 Å². The van der Waals surface area contributed by atoms with E-state index in [-0.39, 0.29) is 11.5 Å². The van der Waals surface area contributed by atoms with Crippen molar-refractivity contribution in [2.75, 3.05) is 0 Å². The molecule has 1 aromatic rings. The highest BCUT2D eigenvalue weighted by Gasteiger charge is 2.37. The van der Waals surface area contributed by atoms with Crippen LogP contribution in [0.25, 0.3) is 0 Å². The summed E-state index contributed by atoms with van der Waals surface area (Å²) in [4.78, 5) is 0. The third-order valence-corrected chi connectivity index (χ3v) is 2.82. The fraction of sp³-hybridized carbons (Fsp3) is 0.455. The minimum Gasteiger partial charge on any atom is -0.324 e. The first-order chi connectivity index (χ1) is 7.41. The van der Waals surface area contributed by atoms with Crippen molar-refractivity contribution in [1.29, 1.82) is 0 Å². The van der Waals surface area contributed by atoms with E-state index in [1.165, 1.54) is 12.1 Å². The first-order valence-electron chi connectivity index (χ1n) is 5.02. The SMILES string of the molecule is NC(c1cccc(C(F)(F)F)c1F)C1CC1. The van der Waals surface area contributed by atoms with Gasteiger partial charge < -0.3 is 5.73 Å². The molecule has 1 saturated carbocycles. The molecule has 0 heterocycles. The van der Waals surface area contributed by atoms with Gasteiger partial charge in [0.15, 0.2) is 0 Å². The standard InChI is InChI=1S/C11H11F4N/c12-9-7(10(16)6-4-5-6)2-1-3-8(9)11(13,14)15/h1-3,6,10H,4-5,16H2. The average molecular weight is 233 g/mol. The molecule has 88 valence electrons. The second kappa shape index (κ2) is 3.73. The number of halogens is 4. The molecule has 0 radical (unpaired) electrons. The van der Waals surface area contributed by atoms with Gasteiger partial charge in [0.1, 0.15) is 5.82 Å². The quantitative estimate of drug-likeness (QED) is 0.779. The Morgan fingerprint density at radius 3 is 2.38 bits per heavy atom. The Morgan fingerprint density at radius 2 is 1.88 bits per heavy atom. The molecule has 1 aliphatic rings. The van der Waals surface area contributed by atoms with Crippen molar-refractivity contribution >= 4 is 0 Å². The summed E-state index contributed by atoms with van der Waals surface area (Å²) < 4.78 is 50.9. The van der Waals surface area contributed by atoms with E-state index in [2.05, 4.69) is 0 Å². The second-order valence-corrected chi connectivity index (χ2v) is 4.07. The van der Waals surface area contributed by atoms with Crippen LogP contribution in [0.2, 0.25) is 0 Å². The van der Waals surface area contributed by atoms with Crippen molar-refractivity contribution in [3.63, 3.8) is 0 Å². The zero-order valence-electron chi connectivity index (χ0n) is 8.39. The molecule has 0 bridgehead atoms. The third kappa shape index (κ3) is 2.04. The topological polar surface area (TPSA) is 26.0 Å². The van der Waals surface area contributed by atoms with Crippen LogP contribution in [0, 0.1) is 11.7 Å². The van der Waals surface area contributed by atoms with E-state index in [1.807, 2.05) is 0 Å². The number of hydrogen-bond acceptors (Lipinski definition) is 1. The summed E-state index contributed by atoms with van der Waals surface area (Å²) in [6.07, 6.45) is -2.95. The van der Waals surface area contributed by atoms with Crippen LogP contribution in [0.15, 0.2) is 18.2 Å². The van der Waals surface area contributed by atoms with Crippen LogP contribution in [0.5, 0.6) is 0 Å². The summed E-state index contributed by atoms with van der Waals surface area (Å²) in [5.41, 5.74) is 4.44. The molecule has 16 heavy (non-hydrogen) atoms. The molecular weight excluding hydrogens is 222 g/mol. The Morgan fingerprint density at radius 1 is 1.25 bits per heavy atom. The summed E-state index contributed by atoms with van der Waals surface area (Å²) in [6.45, 7) is 0. The van der Waals surface area contributed by atoms with Crippen LogP contribution in [0.1, 0.15) is 30.0 Å². The Balaban J connectivity index is 2.39. The van der Waals surface area contributed by atoms with Gasteiger partial charge in [-0.3, -0.25) is 0 Å². The van der Waals surface area contributed by atoms with E-state index in [0.717, 1.165) is 18.9 Å². The van der Waals surface area contributed by atoms with Crippen LogP contribution in [0.4, 0.5) is 17.6 Å². The maximum absolute atomic E-state index is 13.6. The van der Waals surface area contributed by atoms with Crippen molar-refractivity contribution in [2.24, 2.45) is 11.7 Å². The fourth-order valence-electron chi connectivity index (χ4n) is 1.74. The number of nitrogens with two attached hydrogens (primary N) is 1. The highest BCUT2D eigenvalue weighted by molar-refractivity contribution is 5.31. The van der Waals surface area contributed by atoms with E-state index in [1.54, 1.807) is 0 Å². The molecule has 1 aliphatic carbocycles. The van der Waals surface area contributed by atoms with Gasteiger partial charge in [-0.05, 0) is 24.8 Å². The second-order valence-electron chi connectivity index (χ2n) is 4.07. The monoisotopic (exact) mass is 233 g/mol. The molecule has 2 N–H and O–H groups in total. The molecule has 0 spiro atoms. The molecular formula is C11H11F4N. The number of alkyl halides is 3. The molecule has 1 unspecified atom stereocenters. The first-order valence-corrected chi connectivity index (χ1v) is 5.02. The molecule has 5 heteroatoms. The van der Waals surface area contributed by atoms with Crippen LogP contribution >= 0.6 is 0 Å². The Labute approximate surface area is 90.3 Å². The van der Waals surface area contributed by atoms with Gasteiger partial charge in [-0.15, -0.1) is 0 Å². The van der Waals surface area contributed by atoms with Crippen LogP contribution in [0.3, 0.4) is 0 Å². The molecule has 1 nitrogen and oxygen atoms in total. The predicted molar refractivity (Wildman–Crippen MR) is 51.1 cm³/mol. The molecule has 0 saturated heterocycles. The third-order valence-electron chi connectivity index (χ3n) is 2.82. The van der Waals surface area contributed by atoms with Crippen LogP contribution < -0.4 is 5.73 Å². The van der Waals surface area contributed by atoms with Crippen molar-refractivity contribution < 1.29 is 17.6 Å².